The van der Waals surface area contributed by atoms with E-state index in [1.54, 1.807) is 43.3 Å². The van der Waals surface area contributed by atoms with Crippen LogP contribution in [0.25, 0.3) is 0 Å². The summed E-state index contributed by atoms with van der Waals surface area (Å²) in [6.07, 6.45) is -4.97. The van der Waals surface area contributed by atoms with E-state index in [0.717, 1.165) is 17.7 Å². The van der Waals surface area contributed by atoms with E-state index in [1.165, 1.54) is 12.1 Å². The minimum Gasteiger partial charge on any atom is -0.344 e. The molecular formula is C21H23F3N4O2. The zero-order valence-corrected chi connectivity index (χ0v) is 16.5. The van der Waals surface area contributed by atoms with Crippen molar-refractivity contribution >= 4 is 11.8 Å². The van der Waals surface area contributed by atoms with Gasteiger partial charge in [0.25, 0.3) is 0 Å². The lowest BCUT2D eigenvalue weighted by Crippen LogP contribution is -2.65. The molecule has 0 aliphatic carbocycles. The van der Waals surface area contributed by atoms with Crippen LogP contribution in [0.15, 0.2) is 54.6 Å². The van der Waals surface area contributed by atoms with Gasteiger partial charge in [-0.1, -0.05) is 42.5 Å². The van der Waals surface area contributed by atoms with Crippen LogP contribution in [0.2, 0.25) is 0 Å². The van der Waals surface area contributed by atoms with Gasteiger partial charge in [-0.15, -0.1) is 0 Å². The van der Waals surface area contributed by atoms with Gasteiger partial charge < -0.3 is 10.6 Å². The topological polar surface area (TPSA) is 73.5 Å². The molecule has 3 unspecified atom stereocenters. The lowest BCUT2D eigenvalue weighted by Gasteiger charge is -2.35. The first-order valence-electron chi connectivity index (χ1n) is 9.39. The van der Waals surface area contributed by atoms with Crippen molar-refractivity contribution in [2.45, 2.75) is 31.0 Å². The van der Waals surface area contributed by atoms with Gasteiger partial charge in [0.05, 0.1) is 24.1 Å². The fourth-order valence-corrected chi connectivity index (χ4v) is 3.25. The van der Waals surface area contributed by atoms with Crippen LogP contribution in [-0.4, -0.2) is 43.1 Å². The lowest BCUT2D eigenvalue weighted by atomic mass is 9.97. The van der Waals surface area contributed by atoms with Crippen LogP contribution in [0.5, 0.6) is 0 Å². The average Bonchev–Trinajstić information content (AvgIpc) is 2.71. The van der Waals surface area contributed by atoms with Crippen molar-refractivity contribution in [1.29, 1.82) is 0 Å². The summed E-state index contributed by atoms with van der Waals surface area (Å²) in [6, 6.07) is 12.2. The van der Waals surface area contributed by atoms with E-state index >= 15 is 0 Å². The van der Waals surface area contributed by atoms with E-state index in [4.69, 9.17) is 0 Å². The summed E-state index contributed by atoms with van der Waals surface area (Å²) in [5.74, 6) is -0.677. The second-order valence-electron chi connectivity index (χ2n) is 7.33. The summed E-state index contributed by atoms with van der Waals surface area (Å²) < 4.78 is 38.7. The molecular weight excluding hydrogens is 397 g/mol. The average molecular weight is 420 g/mol. The van der Waals surface area contributed by atoms with Gasteiger partial charge in [-0.05, 0) is 37.4 Å². The molecule has 3 N–H and O–H groups in total. The zero-order chi connectivity index (χ0) is 21.9. The third-order valence-corrected chi connectivity index (χ3v) is 4.87. The van der Waals surface area contributed by atoms with Gasteiger partial charge >= 0.3 is 6.18 Å². The smallest absolute Gasteiger partial charge is 0.344 e. The maximum absolute atomic E-state index is 12.9. The van der Waals surface area contributed by atoms with E-state index in [2.05, 4.69) is 16.0 Å². The Hall–Kier alpha value is -2.91. The number of benzene rings is 2. The van der Waals surface area contributed by atoms with Crippen molar-refractivity contribution in [2.75, 3.05) is 14.1 Å². The number of alkyl halides is 3. The summed E-state index contributed by atoms with van der Waals surface area (Å²) in [7, 11) is 3.51. The van der Waals surface area contributed by atoms with E-state index in [0.29, 0.717) is 5.56 Å². The highest BCUT2D eigenvalue weighted by Crippen LogP contribution is 2.31. The van der Waals surface area contributed by atoms with Crippen LogP contribution in [0.3, 0.4) is 0 Å². The van der Waals surface area contributed by atoms with Crippen LogP contribution < -0.4 is 16.0 Å². The molecule has 9 heteroatoms. The monoisotopic (exact) mass is 420 g/mol. The van der Waals surface area contributed by atoms with E-state index in [9.17, 15) is 22.8 Å². The molecule has 1 heterocycles. The molecule has 2 aromatic rings. The minimum atomic E-state index is -4.44. The number of nitrogens with zero attached hydrogens (tertiary/aromatic N) is 1. The number of rotatable bonds is 5. The number of hydrogen-bond acceptors (Lipinski definition) is 4. The molecule has 0 bridgehead atoms. The van der Waals surface area contributed by atoms with Crippen molar-refractivity contribution in [2.24, 2.45) is 0 Å². The minimum absolute atomic E-state index is 0.0370. The molecule has 3 atom stereocenters. The van der Waals surface area contributed by atoms with Gasteiger partial charge in [0.15, 0.2) is 0 Å². The van der Waals surface area contributed by atoms with Crippen molar-refractivity contribution in [3.05, 3.63) is 71.3 Å². The normalized spacial score (nSPS) is 20.5. The molecule has 30 heavy (non-hydrogen) atoms. The predicted molar refractivity (Wildman–Crippen MR) is 105 cm³/mol. The lowest BCUT2D eigenvalue weighted by molar-refractivity contribution is -0.137. The van der Waals surface area contributed by atoms with E-state index in [-0.39, 0.29) is 12.3 Å². The number of carbonyl (C=O) groups is 2. The first-order chi connectivity index (χ1) is 14.1. The van der Waals surface area contributed by atoms with Crippen LogP contribution >= 0.6 is 0 Å². The molecule has 1 aliphatic rings. The first-order valence-corrected chi connectivity index (χ1v) is 9.39. The molecule has 0 radical (unpaired) electrons. The third-order valence-electron chi connectivity index (χ3n) is 4.87. The molecule has 0 saturated carbocycles. The standard InChI is InChI=1S/C21H23F3N4O2/c1-28(2)20-25-16(12-17(29)26-20)19(30)27-18(13-6-4-3-5-7-13)14-8-10-15(11-9-14)21(22,23)24/h3-11,16,18,20,25H,12H2,1-2H3,(H,26,29)(H,27,30). The Bertz CT molecular complexity index is 885. The van der Waals surface area contributed by atoms with Gasteiger partial charge in [-0.3, -0.25) is 19.8 Å². The highest BCUT2D eigenvalue weighted by Gasteiger charge is 2.33. The van der Waals surface area contributed by atoms with Crippen LogP contribution in [-0.2, 0) is 15.8 Å². The number of carbonyl (C=O) groups excluding carboxylic acids is 2. The van der Waals surface area contributed by atoms with Gasteiger partial charge in [0.2, 0.25) is 11.8 Å². The molecule has 1 fully saturated rings. The summed E-state index contributed by atoms with van der Waals surface area (Å²) >= 11 is 0. The Morgan fingerprint density at radius 3 is 2.23 bits per heavy atom. The van der Waals surface area contributed by atoms with Gasteiger partial charge in [-0.25, -0.2) is 0 Å². The Labute approximate surface area is 172 Å². The van der Waals surface area contributed by atoms with Crippen LogP contribution in [0, 0.1) is 0 Å². The van der Waals surface area contributed by atoms with E-state index < -0.39 is 36.0 Å². The molecule has 3 rings (SSSR count). The molecule has 2 aromatic carbocycles. The Balaban J connectivity index is 1.85. The van der Waals surface area contributed by atoms with Crippen LogP contribution in [0.1, 0.15) is 29.2 Å². The summed E-state index contributed by atoms with van der Waals surface area (Å²) in [5, 5.41) is 8.66. The molecule has 0 spiro atoms. The quantitative estimate of drug-likeness (QED) is 0.694. The van der Waals surface area contributed by atoms with Crippen LogP contribution in [0.4, 0.5) is 13.2 Å². The molecule has 6 nitrogen and oxygen atoms in total. The summed E-state index contributed by atoms with van der Waals surface area (Å²) in [5.41, 5.74) is 0.464. The van der Waals surface area contributed by atoms with Crippen molar-refractivity contribution in [3.8, 4) is 0 Å². The highest BCUT2D eigenvalue weighted by atomic mass is 19.4. The zero-order valence-electron chi connectivity index (χ0n) is 16.5. The van der Waals surface area contributed by atoms with E-state index in [1.807, 2.05) is 6.07 Å². The molecule has 2 amide bonds. The molecule has 1 saturated heterocycles. The predicted octanol–water partition coefficient (Wildman–Crippen LogP) is 2.23. The largest absolute Gasteiger partial charge is 0.416 e. The van der Waals surface area contributed by atoms with Crippen molar-refractivity contribution in [1.82, 2.24) is 20.9 Å². The van der Waals surface area contributed by atoms with Gasteiger partial charge in [0, 0.05) is 0 Å². The highest BCUT2D eigenvalue weighted by molar-refractivity contribution is 5.90. The maximum atomic E-state index is 12.9. The molecule has 160 valence electrons. The summed E-state index contributed by atoms with van der Waals surface area (Å²) in [6.45, 7) is 0. The third kappa shape index (κ3) is 5.17. The fourth-order valence-electron chi connectivity index (χ4n) is 3.25. The second kappa shape index (κ2) is 8.85. The fraction of sp³-hybridized carbons (Fsp3) is 0.333. The number of hydrogen-bond donors (Lipinski definition) is 3. The summed E-state index contributed by atoms with van der Waals surface area (Å²) in [4.78, 5) is 26.7. The van der Waals surface area contributed by atoms with Crippen molar-refractivity contribution < 1.29 is 22.8 Å². The number of nitrogens with one attached hydrogen (secondary N) is 3. The second-order valence-corrected chi connectivity index (χ2v) is 7.33. The SMILES string of the molecule is CN(C)C1NC(=O)CC(C(=O)NC(c2ccccc2)c2ccc(C(F)(F)F)cc2)N1. The Kier molecular flexibility index (Phi) is 6.42. The maximum Gasteiger partial charge on any atom is 0.416 e. The van der Waals surface area contributed by atoms with Gasteiger partial charge in [-0.2, -0.15) is 13.2 Å². The first kappa shape index (κ1) is 21.8. The van der Waals surface area contributed by atoms with Crippen molar-refractivity contribution in [3.63, 3.8) is 0 Å². The number of halogens is 3. The molecule has 0 aromatic heterocycles. The Morgan fingerprint density at radius 1 is 1.07 bits per heavy atom. The molecule has 1 aliphatic heterocycles. The van der Waals surface area contributed by atoms with Gasteiger partial charge in [0.1, 0.15) is 6.29 Å². The Morgan fingerprint density at radius 2 is 1.67 bits per heavy atom. The number of amides is 2.